The smallest absolute Gasteiger partial charge is 0.259 e. The van der Waals surface area contributed by atoms with Gasteiger partial charge in [-0.3, -0.25) is 19.7 Å². The van der Waals surface area contributed by atoms with Crippen LogP contribution in [0.1, 0.15) is 42.2 Å². The standard InChI is InChI=1S/C19H14N2O4/c1-10-3-5-11(6-4-10)17(22)15-9-21(25-2)16-8-14-13(7-12(15)16)18(23)20-19(14)24/h3-9H,1-2H3,(H,20,23,24). The minimum Gasteiger partial charge on any atom is -0.417 e. The molecule has 0 bridgehead atoms. The summed E-state index contributed by atoms with van der Waals surface area (Å²) in [6.45, 7) is 1.95. The van der Waals surface area contributed by atoms with E-state index in [1.165, 1.54) is 11.8 Å². The Kier molecular flexibility index (Phi) is 3.21. The summed E-state index contributed by atoms with van der Waals surface area (Å²) in [7, 11) is 1.47. The topological polar surface area (TPSA) is 77.4 Å². The number of carbonyl (C=O) groups is 3. The number of aromatic nitrogens is 1. The van der Waals surface area contributed by atoms with Gasteiger partial charge < -0.3 is 4.84 Å². The second-order valence-corrected chi connectivity index (χ2v) is 5.94. The fourth-order valence-electron chi connectivity index (χ4n) is 3.05. The Morgan fingerprint density at radius 3 is 2.32 bits per heavy atom. The molecule has 3 aromatic rings. The van der Waals surface area contributed by atoms with Gasteiger partial charge in [-0.2, -0.15) is 4.73 Å². The van der Waals surface area contributed by atoms with E-state index in [0.29, 0.717) is 22.0 Å². The summed E-state index contributed by atoms with van der Waals surface area (Å²) >= 11 is 0. The van der Waals surface area contributed by atoms with E-state index in [2.05, 4.69) is 5.32 Å². The van der Waals surface area contributed by atoms with E-state index in [9.17, 15) is 14.4 Å². The molecule has 124 valence electrons. The number of hydrogen-bond donors (Lipinski definition) is 1. The third kappa shape index (κ3) is 2.22. The molecule has 1 aliphatic heterocycles. The number of benzene rings is 2. The molecule has 0 fully saturated rings. The fraction of sp³-hybridized carbons (Fsp3) is 0.105. The largest absolute Gasteiger partial charge is 0.417 e. The highest BCUT2D eigenvalue weighted by Gasteiger charge is 2.29. The number of ketones is 1. The molecule has 0 saturated carbocycles. The van der Waals surface area contributed by atoms with Gasteiger partial charge in [0.05, 0.1) is 28.4 Å². The van der Waals surface area contributed by atoms with Gasteiger partial charge in [0.1, 0.15) is 7.11 Å². The van der Waals surface area contributed by atoms with E-state index >= 15 is 0 Å². The molecule has 0 atom stereocenters. The van der Waals surface area contributed by atoms with Crippen LogP contribution in [0.5, 0.6) is 0 Å². The molecule has 2 aromatic carbocycles. The summed E-state index contributed by atoms with van der Waals surface area (Å²) in [5.41, 5.74) is 3.12. The van der Waals surface area contributed by atoms with Crippen molar-refractivity contribution >= 4 is 28.5 Å². The Morgan fingerprint density at radius 2 is 1.68 bits per heavy atom. The van der Waals surface area contributed by atoms with Crippen LogP contribution >= 0.6 is 0 Å². The lowest BCUT2D eigenvalue weighted by molar-refractivity contribution is 0.0878. The third-order valence-corrected chi connectivity index (χ3v) is 4.38. The van der Waals surface area contributed by atoms with Gasteiger partial charge in [0.15, 0.2) is 5.78 Å². The second-order valence-electron chi connectivity index (χ2n) is 5.94. The van der Waals surface area contributed by atoms with Crippen molar-refractivity contribution < 1.29 is 19.2 Å². The first-order valence-electron chi connectivity index (χ1n) is 7.70. The minimum atomic E-state index is -0.458. The number of imide groups is 1. The summed E-state index contributed by atoms with van der Waals surface area (Å²) in [5, 5.41) is 2.82. The van der Waals surface area contributed by atoms with Crippen LogP contribution < -0.4 is 10.2 Å². The first-order chi connectivity index (χ1) is 12.0. The molecular weight excluding hydrogens is 320 g/mol. The fourth-order valence-corrected chi connectivity index (χ4v) is 3.05. The molecule has 0 spiro atoms. The highest BCUT2D eigenvalue weighted by Crippen LogP contribution is 2.29. The van der Waals surface area contributed by atoms with Crippen LogP contribution in [0, 0.1) is 6.92 Å². The van der Waals surface area contributed by atoms with Crippen molar-refractivity contribution in [1.29, 1.82) is 0 Å². The van der Waals surface area contributed by atoms with Crippen molar-refractivity contribution in [3.05, 3.63) is 70.4 Å². The molecule has 0 aliphatic carbocycles. The Morgan fingerprint density at radius 1 is 1.04 bits per heavy atom. The number of amides is 2. The summed E-state index contributed by atoms with van der Waals surface area (Å²) in [6, 6.07) is 10.4. The molecule has 1 aromatic heterocycles. The van der Waals surface area contributed by atoms with Crippen molar-refractivity contribution in [3.8, 4) is 0 Å². The highest BCUT2D eigenvalue weighted by atomic mass is 16.6. The van der Waals surface area contributed by atoms with Crippen LogP contribution in [-0.4, -0.2) is 29.4 Å². The second kappa shape index (κ2) is 5.31. The molecule has 6 heteroatoms. The van der Waals surface area contributed by atoms with Gasteiger partial charge in [-0.05, 0) is 19.1 Å². The molecule has 0 radical (unpaired) electrons. The van der Waals surface area contributed by atoms with Gasteiger partial charge in [-0.25, -0.2) is 0 Å². The SMILES string of the molecule is COn1cc(C(=O)c2ccc(C)cc2)c2cc3c(cc21)C(=O)NC3=O. The molecule has 6 nitrogen and oxygen atoms in total. The van der Waals surface area contributed by atoms with E-state index in [1.54, 1.807) is 30.5 Å². The van der Waals surface area contributed by atoms with Crippen molar-refractivity contribution in [3.63, 3.8) is 0 Å². The average Bonchev–Trinajstić information content (AvgIpc) is 3.11. The zero-order chi connectivity index (χ0) is 17.7. The normalized spacial score (nSPS) is 13.0. The summed E-state index contributed by atoms with van der Waals surface area (Å²) in [6.07, 6.45) is 1.57. The van der Waals surface area contributed by atoms with Crippen LogP contribution in [0.3, 0.4) is 0 Å². The third-order valence-electron chi connectivity index (χ3n) is 4.38. The van der Waals surface area contributed by atoms with Crippen LogP contribution in [0.25, 0.3) is 10.9 Å². The van der Waals surface area contributed by atoms with E-state index in [4.69, 9.17) is 4.84 Å². The monoisotopic (exact) mass is 334 g/mol. The lowest BCUT2D eigenvalue weighted by Gasteiger charge is -2.02. The number of hydrogen-bond acceptors (Lipinski definition) is 4. The molecular formula is C19H14N2O4. The number of fused-ring (bicyclic) bond motifs is 2. The number of carbonyl (C=O) groups excluding carboxylic acids is 3. The number of rotatable bonds is 3. The maximum absolute atomic E-state index is 12.9. The zero-order valence-corrected chi connectivity index (χ0v) is 13.6. The van der Waals surface area contributed by atoms with E-state index in [0.717, 1.165) is 5.56 Å². The molecule has 2 heterocycles. The maximum Gasteiger partial charge on any atom is 0.259 e. The lowest BCUT2D eigenvalue weighted by Crippen LogP contribution is -2.19. The first-order valence-corrected chi connectivity index (χ1v) is 7.70. The molecule has 0 unspecified atom stereocenters. The summed E-state index contributed by atoms with van der Waals surface area (Å²) in [4.78, 5) is 42.0. The summed E-state index contributed by atoms with van der Waals surface area (Å²) in [5.74, 6) is -1.08. The van der Waals surface area contributed by atoms with Crippen molar-refractivity contribution in [2.45, 2.75) is 6.92 Å². The first kappa shape index (κ1) is 15.1. The van der Waals surface area contributed by atoms with Gasteiger partial charge in [-0.1, -0.05) is 29.8 Å². The predicted molar refractivity (Wildman–Crippen MR) is 90.9 cm³/mol. The number of nitrogens with zero attached hydrogens (tertiary/aromatic N) is 1. The Bertz CT molecular complexity index is 1060. The zero-order valence-electron chi connectivity index (χ0n) is 13.6. The molecule has 2 amide bonds. The van der Waals surface area contributed by atoms with Crippen LogP contribution in [-0.2, 0) is 0 Å². The van der Waals surface area contributed by atoms with E-state index in [1.807, 2.05) is 19.1 Å². The van der Waals surface area contributed by atoms with Gasteiger partial charge >= 0.3 is 0 Å². The quantitative estimate of drug-likeness (QED) is 0.588. The highest BCUT2D eigenvalue weighted by molar-refractivity contribution is 6.25. The van der Waals surface area contributed by atoms with Crippen molar-refractivity contribution in [2.75, 3.05) is 7.11 Å². The molecule has 0 saturated heterocycles. The Hall–Kier alpha value is -3.41. The Labute approximate surface area is 143 Å². The maximum atomic E-state index is 12.9. The van der Waals surface area contributed by atoms with Crippen molar-refractivity contribution in [2.24, 2.45) is 0 Å². The Balaban J connectivity index is 1.94. The molecule has 1 N–H and O–H groups in total. The summed E-state index contributed by atoms with van der Waals surface area (Å²) < 4.78 is 1.42. The van der Waals surface area contributed by atoms with Crippen LogP contribution in [0.2, 0.25) is 0 Å². The van der Waals surface area contributed by atoms with Crippen molar-refractivity contribution in [1.82, 2.24) is 10.0 Å². The number of nitrogens with one attached hydrogen (secondary N) is 1. The van der Waals surface area contributed by atoms with Crippen LogP contribution in [0.15, 0.2) is 42.6 Å². The predicted octanol–water partition coefficient (Wildman–Crippen LogP) is 2.12. The van der Waals surface area contributed by atoms with E-state index < -0.39 is 11.8 Å². The minimum absolute atomic E-state index is 0.175. The molecule has 4 rings (SSSR count). The van der Waals surface area contributed by atoms with Gasteiger partial charge in [0.25, 0.3) is 11.8 Å². The molecule has 1 aliphatic rings. The lowest BCUT2D eigenvalue weighted by atomic mass is 9.99. The molecule has 25 heavy (non-hydrogen) atoms. The van der Waals surface area contributed by atoms with Gasteiger partial charge in [-0.15, -0.1) is 0 Å². The van der Waals surface area contributed by atoms with Crippen LogP contribution in [0.4, 0.5) is 0 Å². The van der Waals surface area contributed by atoms with Gasteiger partial charge in [0, 0.05) is 10.9 Å². The number of aryl methyl sites for hydroxylation is 1. The average molecular weight is 334 g/mol. The van der Waals surface area contributed by atoms with Gasteiger partial charge in [0.2, 0.25) is 0 Å². The van der Waals surface area contributed by atoms with E-state index in [-0.39, 0.29) is 16.9 Å².